The van der Waals surface area contributed by atoms with Crippen LogP contribution in [0.5, 0.6) is 0 Å². The monoisotopic (exact) mass is 288 g/mol. The summed E-state index contributed by atoms with van der Waals surface area (Å²) in [4.78, 5) is 12.4. The lowest BCUT2D eigenvalue weighted by Crippen LogP contribution is -2.47. The Morgan fingerprint density at radius 3 is 2.43 bits per heavy atom. The standard InChI is InChI=1S/C18H24O3/c1-13-5-6-16(2)14(3-4-15(16)19)17(13)7-9-18(10-8-17)20-11-12-21-18/h3H,1,4-12H2,2H3/t16-/m0/s1. The molecule has 0 N–H and O–H groups in total. The Morgan fingerprint density at radius 1 is 1.10 bits per heavy atom. The average Bonchev–Trinajstić information content (AvgIpc) is 3.05. The van der Waals surface area contributed by atoms with Crippen molar-refractivity contribution in [1.29, 1.82) is 0 Å². The summed E-state index contributed by atoms with van der Waals surface area (Å²) in [5, 5.41) is 0. The van der Waals surface area contributed by atoms with Gasteiger partial charge in [0.15, 0.2) is 5.79 Å². The molecule has 4 rings (SSSR count). The van der Waals surface area contributed by atoms with Gasteiger partial charge in [0.25, 0.3) is 0 Å². The molecule has 1 saturated heterocycles. The molecular formula is C18H24O3. The molecule has 1 atom stereocenters. The quantitative estimate of drug-likeness (QED) is 0.640. The lowest BCUT2D eigenvalue weighted by molar-refractivity contribution is -0.187. The molecule has 4 aliphatic rings. The first-order valence-electron chi connectivity index (χ1n) is 8.22. The number of fused-ring (bicyclic) bond motifs is 2. The van der Waals surface area contributed by atoms with E-state index < -0.39 is 0 Å². The van der Waals surface area contributed by atoms with Gasteiger partial charge >= 0.3 is 0 Å². The van der Waals surface area contributed by atoms with E-state index in [0.717, 1.165) is 38.5 Å². The maximum Gasteiger partial charge on any atom is 0.168 e. The summed E-state index contributed by atoms with van der Waals surface area (Å²) in [5.74, 6) is 0.0563. The topological polar surface area (TPSA) is 35.5 Å². The van der Waals surface area contributed by atoms with Gasteiger partial charge in [-0.1, -0.05) is 23.8 Å². The molecule has 3 aliphatic carbocycles. The summed E-state index contributed by atoms with van der Waals surface area (Å²) in [6, 6.07) is 0. The molecule has 1 heterocycles. The summed E-state index contributed by atoms with van der Waals surface area (Å²) in [6.45, 7) is 7.97. The third kappa shape index (κ3) is 1.71. The van der Waals surface area contributed by atoms with E-state index in [-0.39, 0.29) is 16.6 Å². The first-order valence-corrected chi connectivity index (χ1v) is 8.22. The number of carbonyl (C=O) groups excluding carboxylic acids is 1. The molecule has 0 amide bonds. The van der Waals surface area contributed by atoms with E-state index in [2.05, 4.69) is 19.6 Å². The minimum atomic E-state index is -0.345. The zero-order valence-electron chi connectivity index (χ0n) is 12.9. The van der Waals surface area contributed by atoms with Gasteiger partial charge in [0, 0.05) is 30.1 Å². The minimum absolute atomic E-state index is 0.0275. The van der Waals surface area contributed by atoms with Gasteiger partial charge in [-0.25, -0.2) is 0 Å². The maximum absolute atomic E-state index is 12.4. The highest BCUT2D eigenvalue weighted by Crippen LogP contribution is 2.63. The molecule has 2 saturated carbocycles. The third-order valence-electron chi connectivity index (χ3n) is 6.50. The SMILES string of the molecule is C=C1CC[C@]2(C)C(=O)CC=C2C12CCC1(CC2)OCCO1. The zero-order valence-corrected chi connectivity index (χ0v) is 12.9. The van der Waals surface area contributed by atoms with Crippen molar-refractivity contribution in [2.45, 2.75) is 57.7 Å². The zero-order chi connectivity index (χ0) is 14.7. The Kier molecular flexibility index (Phi) is 2.81. The summed E-state index contributed by atoms with van der Waals surface area (Å²) < 4.78 is 11.7. The van der Waals surface area contributed by atoms with E-state index in [0.29, 0.717) is 25.4 Å². The van der Waals surface area contributed by atoms with Crippen LogP contribution in [0.25, 0.3) is 0 Å². The molecule has 21 heavy (non-hydrogen) atoms. The average molecular weight is 288 g/mol. The summed E-state index contributed by atoms with van der Waals surface area (Å²) in [5.41, 5.74) is 2.49. The Morgan fingerprint density at radius 2 is 1.76 bits per heavy atom. The fourth-order valence-corrected chi connectivity index (χ4v) is 5.09. The predicted molar refractivity (Wildman–Crippen MR) is 79.7 cm³/mol. The van der Waals surface area contributed by atoms with Crippen LogP contribution in [0.2, 0.25) is 0 Å². The molecule has 0 aromatic rings. The Bertz CT molecular complexity index is 529. The number of ketones is 1. The smallest absolute Gasteiger partial charge is 0.168 e. The third-order valence-corrected chi connectivity index (χ3v) is 6.50. The second-order valence-electron chi connectivity index (χ2n) is 7.37. The van der Waals surface area contributed by atoms with Crippen LogP contribution in [-0.2, 0) is 14.3 Å². The maximum atomic E-state index is 12.4. The molecule has 0 aromatic heterocycles. The summed E-state index contributed by atoms with van der Waals surface area (Å²) in [6.07, 6.45) is 8.62. The van der Waals surface area contributed by atoms with Gasteiger partial charge in [-0.05, 0) is 32.6 Å². The van der Waals surface area contributed by atoms with Crippen molar-refractivity contribution in [3.05, 3.63) is 23.8 Å². The van der Waals surface area contributed by atoms with Crippen LogP contribution >= 0.6 is 0 Å². The molecule has 3 heteroatoms. The fraction of sp³-hybridized carbons (Fsp3) is 0.722. The molecule has 3 fully saturated rings. The normalized spacial score (nSPS) is 37.1. The van der Waals surface area contributed by atoms with Crippen molar-refractivity contribution in [3.8, 4) is 0 Å². The number of rotatable bonds is 0. The summed E-state index contributed by atoms with van der Waals surface area (Å²) >= 11 is 0. The summed E-state index contributed by atoms with van der Waals surface area (Å²) in [7, 11) is 0. The van der Waals surface area contributed by atoms with Gasteiger partial charge in [0.1, 0.15) is 5.78 Å². The minimum Gasteiger partial charge on any atom is -0.348 e. The number of hydrogen-bond donors (Lipinski definition) is 0. The second-order valence-corrected chi connectivity index (χ2v) is 7.37. The van der Waals surface area contributed by atoms with Crippen LogP contribution in [0, 0.1) is 10.8 Å². The number of hydrogen-bond acceptors (Lipinski definition) is 3. The van der Waals surface area contributed by atoms with Crippen LogP contribution in [0.15, 0.2) is 23.8 Å². The highest BCUT2D eigenvalue weighted by atomic mass is 16.7. The lowest BCUT2D eigenvalue weighted by Gasteiger charge is -2.52. The van der Waals surface area contributed by atoms with Crippen molar-refractivity contribution in [2.24, 2.45) is 10.8 Å². The number of allylic oxidation sites excluding steroid dienone is 3. The van der Waals surface area contributed by atoms with Crippen LogP contribution < -0.4 is 0 Å². The molecule has 0 radical (unpaired) electrons. The van der Waals surface area contributed by atoms with Crippen molar-refractivity contribution >= 4 is 5.78 Å². The molecule has 2 spiro atoms. The van der Waals surface area contributed by atoms with E-state index in [1.54, 1.807) is 0 Å². The van der Waals surface area contributed by atoms with Crippen molar-refractivity contribution < 1.29 is 14.3 Å². The van der Waals surface area contributed by atoms with Gasteiger partial charge in [0.05, 0.1) is 13.2 Å². The van der Waals surface area contributed by atoms with E-state index in [4.69, 9.17) is 9.47 Å². The van der Waals surface area contributed by atoms with Crippen LogP contribution in [0.1, 0.15) is 51.9 Å². The predicted octanol–water partition coefficient (Wildman–Crippen LogP) is 3.55. The molecule has 114 valence electrons. The van der Waals surface area contributed by atoms with Crippen molar-refractivity contribution in [2.75, 3.05) is 13.2 Å². The second kappa shape index (κ2) is 4.30. The van der Waals surface area contributed by atoms with E-state index in [1.165, 1.54) is 11.1 Å². The fourth-order valence-electron chi connectivity index (χ4n) is 5.09. The highest BCUT2D eigenvalue weighted by Gasteiger charge is 2.57. The van der Waals surface area contributed by atoms with Gasteiger partial charge in [-0.3, -0.25) is 4.79 Å². The van der Waals surface area contributed by atoms with Gasteiger partial charge < -0.3 is 9.47 Å². The molecular weight excluding hydrogens is 264 g/mol. The molecule has 1 aliphatic heterocycles. The number of carbonyl (C=O) groups is 1. The Labute approximate surface area is 126 Å². The van der Waals surface area contributed by atoms with Gasteiger partial charge in [0.2, 0.25) is 0 Å². The molecule has 0 unspecified atom stereocenters. The van der Waals surface area contributed by atoms with E-state index in [9.17, 15) is 4.79 Å². The number of Topliss-reactive ketones (excluding diaryl/α,β-unsaturated/α-hetero) is 1. The highest BCUT2D eigenvalue weighted by molar-refractivity contribution is 5.93. The van der Waals surface area contributed by atoms with E-state index in [1.807, 2.05) is 0 Å². The van der Waals surface area contributed by atoms with Crippen molar-refractivity contribution in [1.82, 2.24) is 0 Å². The van der Waals surface area contributed by atoms with E-state index >= 15 is 0 Å². The largest absolute Gasteiger partial charge is 0.348 e. The lowest BCUT2D eigenvalue weighted by atomic mass is 9.53. The first-order chi connectivity index (χ1) is 10.0. The van der Waals surface area contributed by atoms with Gasteiger partial charge in [-0.15, -0.1) is 0 Å². The molecule has 3 nitrogen and oxygen atoms in total. The first kappa shape index (κ1) is 13.7. The van der Waals surface area contributed by atoms with Crippen LogP contribution in [0.3, 0.4) is 0 Å². The van der Waals surface area contributed by atoms with Crippen LogP contribution in [-0.4, -0.2) is 24.8 Å². The Hall–Kier alpha value is -0.930. The van der Waals surface area contributed by atoms with Gasteiger partial charge in [-0.2, -0.15) is 0 Å². The molecule has 0 aromatic carbocycles. The van der Waals surface area contributed by atoms with Crippen LogP contribution in [0.4, 0.5) is 0 Å². The molecule has 0 bridgehead atoms. The Balaban J connectivity index is 1.67. The number of ether oxygens (including phenoxy) is 2. The van der Waals surface area contributed by atoms with Crippen molar-refractivity contribution in [3.63, 3.8) is 0 Å².